The Balaban J connectivity index is 1.29. The lowest BCUT2D eigenvalue weighted by atomic mass is 10.0. The van der Waals surface area contributed by atoms with Crippen molar-refractivity contribution in [3.8, 4) is 0 Å². The number of pyridine rings is 1. The molecule has 41 heavy (non-hydrogen) atoms. The van der Waals surface area contributed by atoms with Gasteiger partial charge in [-0.1, -0.05) is 13.8 Å². The molecular formula is C29H38N6O5S. The molecule has 0 radical (unpaired) electrons. The van der Waals surface area contributed by atoms with Crippen molar-refractivity contribution in [1.29, 1.82) is 0 Å². The van der Waals surface area contributed by atoms with Crippen molar-refractivity contribution in [1.82, 2.24) is 24.4 Å². The lowest BCUT2D eigenvalue weighted by molar-refractivity contribution is -0.138. The summed E-state index contributed by atoms with van der Waals surface area (Å²) in [5.74, 6) is -0.924. The zero-order chi connectivity index (χ0) is 29.3. The second kappa shape index (κ2) is 11.9. The molecule has 0 aliphatic carbocycles. The number of rotatable bonds is 8. The van der Waals surface area contributed by atoms with E-state index in [1.54, 1.807) is 12.1 Å². The number of Topliss-reactive ketones (excluding diaryl/α,β-unsaturated/α-hetero) is 1. The number of likely N-dealkylation sites (tertiary alicyclic amines) is 1. The largest absolute Gasteiger partial charge is 0.369 e. The molecule has 12 heteroatoms. The van der Waals surface area contributed by atoms with Gasteiger partial charge < -0.3 is 20.0 Å². The van der Waals surface area contributed by atoms with E-state index in [0.717, 1.165) is 31.9 Å². The van der Waals surface area contributed by atoms with E-state index in [-0.39, 0.29) is 41.5 Å². The van der Waals surface area contributed by atoms with Crippen LogP contribution in [0.2, 0.25) is 0 Å². The summed E-state index contributed by atoms with van der Waals surface area (Å²) in [6, 6.07) is 7.86. The average molecular weight is 583 g/mol. The molecule has 1 N–H and O–H groups in total. The third-order valence-electron chi connectivity index (χ3n) is 8.23. The van der Waals surface area contributed by atoms with Crippen LogP contribution in [0.15, 0.2) is 53.7 Å². The second-order valence-corrected chi connectivity index (χ2v) is 13.4. The molecule has 1 aromatic heterocycles. The third-order valence-corrected chi connectivity index (χ3v) is 10.1. The van der Waals surface area contributed by atoms with Crippen LogP contribution in [0.1, 0.15) is 37.0 Å². The van der Waals surface area contributed by atoms with Gasteiger partial charge in [0.25, 0.3) is 5.91 Å². The maximum Gasteiger partial charge on any atom is 0.251 e. The summed E-state index contributed by atoms with van der Waals surface area (Å²) in [5.41, 5.74) is 1.51. The Kier molecular flexibility index (Phi) is 8.44. The Morgan fingerprint density at radius 1 is 1.00 bits per heavy atom. The molecule has 2 amide bonds. The number of hydrogen-bond donors (Lipinski definition) is 1. The lowest BCUT2D eigenvalue weighted by Gasteiger charge is -2.34. The third kappa shape index (κ3) is 6.00. The van der Waals surface area contributed by atoms with Crippen LogP contribution in [-0.2, 0) is 19.6 Å². The van der Waals surface area contributed by atoms with E-state index in [1.165, 1.54) is 33.7 Å². The molecule has 3 saturated heterocycles. The van der Waals surface area contributed by atoms with E-state index in [1.807, 2.05) is 26.0 Å². The molecule has 3 atom stereocenters. The molecule has 1 aromatic carbocycles. The lowest BCUT2D eigenvalue weighted by Crippen LogP contribution is -2.53. The van der Waals surface area contributed by atoms with Crippen molar-refractivity contribution in [2.24, 2.45) is 5.92 Å². The summed E-state index contributed by atoms with van der Waals surface area (Å²) in [7, 11) is -1.82. The van der Waals surface area contributed by atoms with E-state index in [4.69, 9.17) is 0 Å². The number of fused-ring (bicyclic) bond motifs is 1. The van der Waals surface area contributed by atoms with Crippen LogP contribution in [0.3, 0.4) is 0 Å². The number of nitrogens with one attached hydrogen (secondary N) is 1. The molecule has 3 aliphatic heterocycles. The second-order valence-electron chi connectivity index (χ2n) is 11.5. The number of likely N-dealkylation sites (N-methyl/N-ethyl adjacent to an activating group) is 1. The number of hydrogen-bond acceptors (Lipinski definition) is 8. The van der Waals surface area contributed by atoms with Gasteiger partial charge in [-0.2, -0.15) is 4.31 Å². The summed E-state index contributed by atoms with van der Waals surface area (Å²) in [5, 5.41) is 2.91. The molecule has 0 bridgehead atoms. The van der Waals surface area contributed by atoms with Crippen molar-refractivity contribution in [2.45, 2.75) is 49.7 Å². The summed E-state index contributed by atoms with van der Waals surface area (Å²) in [6.45, 7) is 7.69. The highest BCUT2D eigenvalue weighted by molar-refractivity contribution is 7.89. The molecule has 3 aliphatic rings. The number of aromatic nitrogens is 1. The Labute approximate surface area is 241 Å². The van der Waals surface area contributed by atoms with Crippen molar-refractivity contribution < 1.29 is 22.8 Å². The van der Waals surface area contributed by atoms with Crippen molar-refractivity contribution in [2.75, 3.05) is 51.2 Å². The van der Waals surface area contributed by atoms with Gasteiger partial charge in [0.05, 0.1) is 17.5 Å². The van der Waals surface area contributed by atoms with E-state index >= 15 is 0 Å². The molecule has 4 heterocycles. The molecular weight excluding hydrogens is 544 g/mol. The molecule has 0 saturated carbocycles. The fraction of sp³-hybridized carbons (Fsp3) is 0.517. The van der Waals surface area contributed by atoms with E-state index in [9.17, 15) is 22.8 Å². The van der Waals surface area contributed by atoms with Gasteiger partial charge in [0.1, 0.15) is 12.1 Å². The summed E-state index contributed by atoms with van der Waals surface area (Å²) in [6.07, 6.45) is 3.53. The van der Waals surface area contributed by atoms with Gasteiger partial charge in [0.15, 0.2) is 5.78 Å². The Morgan fingerprint density at radius 2 is 1.66 bits per heavy atom. The molecule has 11 nitrogen and oxygen atoms in total. The number of sulfonamides is 1. The summed E-state index contributed by atoms with van der Waals surface area (Å²) < 4.78 is 27.8. The zero-order valence-corrected chi connectivity index (χ0v) is 24.6. The maximum atomic E-state index is 13.8. The first-order valence-corrected chi connectivity index (χ1v) is 15.6. The van der Waals surface area contributed by atoms with E-state index in [2.05, 4.69) is 27.1 Å². The molecule has 0 spiro atoms. The predicted octanol–water partition coefficient (Wildman–Crippen LogP) is 1.22. The highest BCUT2D eigenvalue weighted by atomic mass is 32.2. The number of anilines is 1. The normalized spacial score (nSPS) is 22.7. The fourth-order valence-electron chi connectivity index (χ4n) is 6.01. The fourth-order valence-corrected chi connectivity index (χ4v) is 7.62. The minimum absolute atomic E-state index is 0.0642. The van der Waals surface area contributed by atoms with Gasteiger partial charge in [-0.05, 0) is 62.2 Å². The summed E-state index contributed by atoms with van der Waals surface area (Å²) in [4.78, 5) is 50.2. The predicted molar refractivity (Wildman–Crippen MR) is 154 cm³/mol. The number of carbonyl (C=O) groups excluding carboxylic acids is 3. The molecule has 220 valence electrons. The smallest absolute Gasteiger partial charge is 0.251 e. The minimum Gasteiger partial charge on any atom is -0.369 e. The topological polar surface area (TPSA) is 123 Å². The monoisotopic (exact) mass is 582 g/mol. The van der Waals surface area contributed by atoms with Crippen LogP contribution < -0.4 is 10.2 Å². The maximum absolute atomic E-state index is 13.8. The van der Waals surface area contributed by atoms with Gasteiger partial charge in [0, 0.05) is 56.4 Å². The number of carbonyl (C=O) groups is 3. The standard InChI is InChI=1S/C29H38N6O5S/c1-20(2)18-24(31-28(37)21-4-6-22(7-5-21)33-16-14-32(3)15-17-33)29(38)34-13-10-25-27(34)26(36)19-35(25)41(39,40)23-8-11-30-12-9-23/h4-9,11-12,20,24-25,27H,10,13-19H2,1-3H3,(H,31,37). The van der Waals surface area contributed by atoms with Crippen molar-refractivity contribution >= 4 is 33.3 Å². The number of benzene rings is 1. The Hall–Kier alpha value is -3.35. The van der Waals surface area contributed by atoms with E-state index < -0.39 is 28.1 Å². The van der Waals surface area contributed by atoms with Gasteiger partial charge in [-0.15, -0.1) is 0 Å². The molecule has 2 aromatic rings. The number of amides is 2. The number of nitrogens with zero attached hydrogens (tertiary/aromatic N) is 5. The van der Waals surface area contributed by atoms with Crippen molar-refractivity contribution in [3.05, 3.63) is 54.4 Å². The number of ketones is 1. The van der Waals surface area contributed by atoms with Gasteiger partial charge in [-0.3, -0.25) is 19.4 Å². The van der Waals surface area contributed by atoms with Crippen LogP contribution in [0.4, 0.5) is 5.69 Å². The van der Waals surface area contributed by atoms with Gasteiger partial charge >= 0.3 is 0 Å². The molecule has 5 rings (SSSR count). The van der Waals surface area contributed by atoms with Crippen LogP contribution in [0.25, 0.3) is 0 Å². The Bertz CT molecular complexity index is 1380. The first-order valence-electron chi connectivity index (χ1n) is 14.2. The first kappa shape index (κ1) is 29.2. The Morgan fingerprint density at radius 3 is 2.29 bits per heavy atom. The van der Waals surface area contributed by atoms with Crippen LogP contribution in [0, 0.1) is 5.92 Å². The minimum atomic E-state index is -3.92. The highest BCUT2D eigenvalue weighted by Crippen LogP contribution is 2.34. The van der Waals surface area contributed by atoms with Gasteiger partial charge in [0.2, 0.25) is 15.9 Å². The van der Waals surface area contributed by atoms with Crippen molar-refractivity contribution in [3.63, 3.8) is 0 Å². The average Bonchev–Trinajstić information content (AvgIpc) is 3.54. The number of piperazine rings is 1. The first-order chi connectivity index (χ1) is 19.6. The van der Waals surface area contributed by atoms with E-state index in [0.29, 0.717) is 18.4 Å². The highest BCUT2D eigenvalue weighted by Gasteiger charge is 2.54. The van der Waals surface area contributed by atoms with Crippen LogP contribution in [0.5, 0.6) is 0 Å². The zero-order valence-electron chi connectivity index (χ0n) is 23.8. The summed E-state index contributed by atoms with van der Waals surface area (Å²) >= 11 is 0. The SMILES string of the molecule is CC(C)CC(NC(=O)c1ccc(N2CCN(C)CC2)cc1)C(=O)N1CCC2C1C(=O)CN2S(=O)(=O)c1ccncc1. The van der Waals surface area contributed by atoms with Crippen LogP contribution >= 0.6 is 0 Å². The quantitative estimate of drug-likeness (QED) is 0.493. The van der Waals surface area contributed by atoms with Gasteiger partial charge in [-0.25, -0.2) is 8.42 Å². The van der Waals surface area contributed by atoms with Crippen LogP contribution in [-0.4, -0.2) is 110 Å². The molecule has 3 unspecified atom stereocenters. The molecule has 3 fully saturated rings.